The molecular weight excluding hydrogens is 1080 g/mol. The average molecular weight is 1180 g/mol. The molecule has 0 aliphatic carbocycles. The number of aliphatic carboxylic acids is 4. The number of Topliss-reactive ketones (excluding diaryl/α,β-unsaturated/α-hetero) is 2. The Labute approximate surface area is 478 Å². The number of hydrogen-bond donors (Lipinski definition) is 9. The molecule has 81 heavy (non-hydrogen) atoms. The highest BCUT2D eigenvalue weighted by Crippen LogP contribution is 2.17. The van der Waals surface area contributed by atoms with Crippen LogP contribution in [0.4, 0.5) is 0 Å². The Kier molecular flexibility index (Phi) is 47.9. The van der Waals surface area contributed by atoms with E-state index in [4.69, 9.17) is 24.1 Å². The highest BCUT2D eigenvalue weighted by molar-refractivity contribution is 7.22. The van der Waals surface area contributed by atoms with Crippen molar-refractivity contribution >= 4 is 73.6 Å². The molecule has 0 spiro atoms. The van der Waals surface area contributed by atoms with Crippen LogP contribution in [0.1, 0.15) is 193 Å². The van der Waals surface area contributed by atoms with Gasteiger partial charge in [0.05, 0.1) is 39.0 Å². The average Bonchev–Trinajstić information content (AvgIpc) is 3.41. The first kappa shape index (κ1) is 75.5. The van der Waals surface area contributed by atoms with Crippen LogP contribution in [0.3, 0.4) is 0 Å². The Morgan fingerprint density at radius 3 is 1.43 bits per heavy atom. The van der Waals surface area contributed by atoms with Gasteiger partial charge in [-0.1, -0.05) is 90.4 Å². The fraction of sp³-hybridized carbons (Fsp3) is 0.800. The van der Waals surface area contributed by atoms with Crippen molar-refractivity contribution in [1.82, 2.24) is 26.4 Å². The van der Waals surface area contributed by atoms with Crippen LogP contribution in [-0.4, -0.2) is 163 Å². The number of ether oxygens (including phenoxy) is 4. The van der Waals surface area contributed by atoms with E-state index in [2.05, 4.69) is 26.4 Å². The summed E-state index contributed by atoms with van der Waals surface area (Å²) in [4.78, 5) is 132. The number of unbranched alkanes of at least 4 members (excludes halogenated alkanes) is 14. The van der Waals surface area contributed by atoms with Gasteiger partial charge >= 0.3 is 23.9 Å². The van der Waals surface area contributed by atoms with Crippen LogP contribution in [-0.2, 0) is 76.3 Å². The van der Waals surface area contributed by atoms with Gasteiger partial charge in [-0.3, -0.25) is 48.2 Å². The molecule has 0 aliphatic rings. The molecule has 0 unspecified atom stereocenters. The third-order valence-corrected chi connectivity index (χ3v) is 13.4. The number of rotatable bonds is 58. The van der Waals surface area contributed by atoms with Gasteiger partial charge in [0.1, 0.15) is 36.9 Å². The normalized spacial score (nSPS) is 12.6. The van der Waals surface area contributed by atoms with E-state index in [1.54, 1.807) is 0 Å². The van der Waals surface area contributed by atoms with Crippen LogP contribution in [0, 0.1) is 11.8 Å². The predicted molar refractivity (Wildman–Crippen MR) is 296 cm³/mol. The van der Waals surface area contributed by atoms with E-state index in [-0.39, 0.29) is 134 Å². The van der Waals surface area contributed by atoms with Crippen LogP contribution >= 0.6 is 8.61 Å². The second-order valence-electron chi connectivity index (χ2n) is 20.0. The van der Waals surface area contributed by atoms with Gasteiger partial charge < -0.3 is 60.6 Å². The predicted octanol–water partition coefficient (Wildman–Crippen LogP) is 5.62. The Bertz CT molecular complexity index is 1860. The van der Waals surface area contributed by atoms with Gasteiger partial charge in [0.15, 0.2) is 0 Å². The van der Waals surface area contributed by atoms with Crippen molar-refractivity contribution in [3.8, 4) is 0 Å². The van der Waals surface area contributed by atoms with Crippen molar-refractivity contribution in [3.05, 3.63) is 0 Å². The first-order valence-corrected chi connectivity index (χ1v) is 29.7. The van der Waals surface area contributed by atoms with E-state index >= 15 is 0 Å². The minimum atomic E-state index is -1.45. The van der Waals surface area contributed by atoms with Crippen molar-refractivity contribution in [1.29, 1.82) is 0 Å². The minimum absolute atomic E-state index is 0.00360. The molecule has 0 aromatic heterocycles. The summed E-state index contributed by atoms with van der Waals surface area (Å²) in [6.07, 6.45) is 16.9. The molecule has 0 radical (unpaired) electrons. The van der Waals surface area contributed by atoms with Gasteiger partial charge in [-0.2, -0.15) is 0 Å². The number of hydrogen-bond acceptors (Lipinski definition) is 16. The molecule has 5 amide bonds. The van der Waals surface area contributed by atoms with E-state index in [9.17, 15) is 72.6 Å². The lowest BCUT2D eigenvalue weighted by molar-refractivity contribution is -0.145. The Hall–Kier alpha value is -5.49. The standard InChI is InChI=1S/C55H94N5O20P/c1-2-41(52(69)60-81-76)20-17-18-30-56-47(63)29-24-42(53(70)71)38-44(62)26-28-46(55(74)75)59-50(66)40-80-37-35-78-33-31-57-49(65)39-79-36-34-77-32-19-21-43(61)25-27-45(54(72)73)58-48(64)22-15-13-11-9-7-5-3-4-6-8-10-12-14-16-23-51(67)68/h41-42,45-46H,2-40H2,1H3,(H,56,63)(H,57,65)(H,58,64)(H,59,66)(H,67,68)(H,70,71)(H,72,73)(H,74,75)(H,60,69,76)/t41-,42+,45-,46-/m0/s1. The second kappa shape index (κ2) is 51.4. The maximum Gasteiger partial charge on any atom is 0.326 e. The molecule has 0 heterocycles. The van der Waals surface area contributed by atoms with Gasteiger partial charge in [0.25, 0.3) is 8.61 Å². The fourth-order valence-electron chi connectivity index (χ4n) is 8.37. The lowest BCUT2D eigenvalue weighted by atomic mass is 9.94. The molecule has 4 atom stereocenters. The van der Waals surface area contributed by atoms with E-state index in [0.717, 1.165) is 51.4 Å². The van der Waals surface area contributed by atoms with E-state index in [1.165, 1.54) is 32.1 Å². The molecule has 25 nitrogen and oxygen atoms in total. The highest BCUT2D eigenvalue weighted by Gasteiger charge is 2.26. The van der Waals surface area contributed by atoms with Gasteiger partial charge in [-0.25, -0.2) is 14.2 Å². The Morgan fingerprint density at radius 1 is 0.407 bits per heavy atom. The number of amides is 5. The minimum Gasteiger partial charge on any atom is -0.481 e. The maximum absolute atomic E-state index is 12.6. The van der Waals surface area contributed by atoms with Crippen molar-refractivity contribution in [2.45, 2.75) is 205 Å². The summed E-state index contributed by atoms with van der Waals surface area (Å²) in [6, 6.07) is -2.59. The van der Waals surface area contributed by atoms with Crippen LogP contribution in [0.25, 0.3) is 0 Å². The zero-order chi connectivity index (χ0) is 60.3. The van der Waals surface area contributed by atoms with Crippen molar-refractivity contribution in [2.24, 2.45) is 11.8 Å². The topological polar surface area (TPSA) is 383 Å². The lowest BCUT2D eigenvalue weighted by Gasteiger charge is -2.16. The Balaban J connectivity index is 3.99. The first-order chi connectivity index (χ1) is 38.9. The molecule has 26 heteroatoms. The Morgan fingerprint density at radius 2 is 0.901 bits per heavy atom. The molecule has 0 aliphatic heterocycles. The number of nitrogens with one attached hydrogen (secondary N) is 5. The molecule has 0 aromatic carbocycles. The SMILES string of the molecule is CC[C@@H](CCCCNC(=O)CC[C@H](CC(=O)CC[C@H](NC(=O)COCCOCCNC(=O)COCCOCCCC(=O)CC[C@H](NC(=O)CCCCCCCCCCCCCCCCC(=O)O)C(=O)O)C(=O)O)C(=O)O)C(=O)NP=O. The molecule has 0 saturated carbocycles. The second-order valence-corrected chi connectivity index (χ2v) is 20.4. The van der Waals surface area contributed by atoms with Crippen LogP contribution in [0.15, 0.2) is 0 Å². The summed E-state index contributed by atoms with van der Waals surface area (Å²) in [7, 11) is -0.464. The third kappa shape index (κ3) is 46.8. The fourth-order valence-corrected chi connectivity index (χ4v) is 8.65. The molecule has 9 N–H and O–H groups in total. The highest BCUT2D eigenvalue weighted by atomic mass is 31.1. The smallest absolute Gasteiger partial charge is 0.326 e. The van der Waals surface area contributed by atoms with E-state index in [1.807, 2.05) is 6.92 Å². The van der Waals surface area contributed by atoms with Gasteiger partial charge in [0.2, 0.25) is 29.5 Å². The summed E-state index contributed by atoms with van der Waals surface area (Å²) < 4.78 is 31.9. The maximum atomic E-state index is 12.6. The van der Waals surface area contributed by atoms with Crippen molar-refractivity contribution in [2.75, 3.05) is 65.9 Å². The number of carboxylic acids is 4. The van der Waals surface area contributed by atoms with Crippen LogP contribution in [0.5, 0.6) is 0 Å². The quantitative estimate of drug-likeness (QED) is 0.0263. The number of ketones is 2. The van der Waals surface area contributed by atoms with E-state index in [0.29, 0.717) is 45.1 Å². The van der Waals surface area contributed by atoms with Gasteiger partial charge in [-0.15, -0.1) is 0 Å². The zero-order valence-electron chi connectivity index (χ0n) is 47.7. The summed E-state index contributed by atoms with van der Waals surface area (Å²) in [6.45, 7) is 2.21. The van der Waals surface area contributed by atoms with Crippen molar-refractivity contribution in [3.63, 3.8) is 0 Å². The summed E-state index contributed by atoms with van der Waals surface area (Å²) in [5, 5.41) is 49.7. The third-order valence-electron chi connectivity index (χ3n) is 13.1. The number of carbonyl (C=O) groups is 11. The van der Waals surface area contributed by atoms with Gasteiger partial charge in [0, 0.05) is 70.6 Å². The van der Waals surface area contributed by atoms with E-state index < -0.39 is 87.0 Å². The molecule has 0 fully saturated rings. The molecule has 0 aromatic rings. The zero-order valence-corrected chi connectivity index (χ0v) is 48.5. The molecule has 0 bridgehead atoms. The van der Waals surface area contributed by atoms with Crippen molar-refractivity contribution < 1.29 is 96.7 Å². The number of carboxylic acid groups (broad SMARTS) is 4. The largest absolute Gasteiger partial charge is 0.481 e. The lowest BCUT2D eigenvalue weighted by Crippen LogP contribution is -2.43. The molecule has 0 saturated heterocycles. The molecule has 0 rings (SSSR count). The summed E-state index contributed by atoms with van der Waals surface area (Å²) in [5.74, 6) is -9.02. The summed E-state index contributed by atoms with van der Waals surface area (Å²) in [5.41, 5.74) is 0. The molecule has 464 valence electrons. The van der Waals surface area contributed by atoms with Crippen LogP contribution < -0.4 is 26.4 Å². The van der Waals surface area contributed by atoms with Crippen LogP contribution in [0.2, 0.25) is 0 Å². The first-order valence-electron chi connectivity index (χ1n) is 28.9. The summed E-state index contributed by atoms with van der Waals surface area (Å²) >= 11 is 0. The number of carbonyl (C=O) groups excluding carboxylic acids is 7. The monoisotopic (exact) mass is 1180 g/mol. The van der Waals surface area contributed by atoms with Gasteiger partial charge in [-0.05, 0) is 57.8 Å². The molecular formula is C55H94N5O20P.